The Morgan fingerprint density at radius 2 is 2.31 bits per heavy atom. The lowest BCUT2D eigenvalue weighted by Crippen LogP contribution is -2.32. The summed E-state index contributed by atoms with van der Waals surface area (Å²) in [4.78, 5) is 4.11. The fourth-order valence-electron chi connectivity index (χ4n) is 1.88. The average molecular weight is 222 g/mol. The van der Waals surface area contributed by atoms with Gasteiger partial charge in [0.1, 0.15) is 0 Å². The van der Waals surface area contributed by atoms with E-state index < -0.39 is 0 Å². The van der Waals surface area contributed by atoms with Crippen LogP contribution in [0.3, 0.4) is 0 Å². The average Bonchev–Trinajstić information content (AvgIpc) is 2.82. The molecule has 88 valence electrons. The Hall–Kier alpha value is -0.970. The van der Waals surface area contributed by atoms with Crippen LogP contribution in [-0.2, 0) is 15.9 Å². The summed E-state index contributed by atoms with van der Waals surface area (Å²) in [7, 11) is 1.97. The molecule has 1 aliphatic rings. The first-order valence-electron chi connectivity index (χ1n) is 5.68. The summed E-state index contributed by atoms with van der Waals surface area (Å²) in [6, 6.07) is 4.42. The molecule has 0 saturated carbocycles. The molecule has 16 heavy (non-hydrogen) atoms. The van der Waals surface area contributed by atoms with Gasteiger partial charge in [0.05, 0.1) is 13.2 Å². The Morgan fingerprint density at radius 3 is 2.94 bits per heavy atom. The van der Waals surface area contributed by atoms with E-state index in [0.717, 1.165) is 12.8 Å². The molecule has 0 aromatic carbocycles. The summed E-state index contributed by atoms with van der Waals surface area (Å²) in [5.74, 6) is 0. The molecule has 0 amide bonds. The highest BCUT2D eigenvalue weighted by atomic mass is 16.7. The SMILES string of the molecule is CNC(Cc1cccnc1)CC1OCCO1. The fourth-order valence-corrected chi connectivity index (χ4v) is 1.88. The standard InChI is InChI=1S/C12H18N2O2/c1-13-11(8-12-15-5-6-16-12)7-10-3-2-4-14-9-10/h2-4,9,11-13H,5-8H2,1H3. The summed E-state index contributed by atoms with van der Waals surface area (Å²) in [5, 5.41) is 3.29. The molecule has 1 unspecified atom stereocenters. The van der Waals surface area contributed by atoms with Gasteiger partial charge in [-0.05, 0) is 25.1 Å². The summed E-state index contributed by atoms with van der Waals surface area (Å²) in [5.41, 5.74) is 1.24. The van der Waals surface area contributed by atoms with Crippen molar-refractivity contribution in [3.8, 4) is 0 Å². The third kappa shape index (κ3) is 3.27. The molecule has 1 aliphatic heterocycles. The van der Waals surface area contributed by atoms with E-state index in [1.807, 2.05) is 19.3 Å². The lowest BCUT2D eigenvalue weighted by atomic mass is 10.1. The molecule has 2 heterocycles. The van der Waals surface area contributed by atoms with Crippen LogP contribution in [0.5, 0.6) is 0 Å². The molecule has 1 aromatic heterocycles. The van der Waals surface area contributed by atoms with Crippen LogP contribution < -0.4 is 5.32 Å². The molecule has 4 heteroatoms. The van der Waals surface area contributed by atoms with E-state index in [-0.39, 0.29) is 6.29 Å². The molecule has 1 saturated heterocycles. The van der Waals surface area contributed by atoms with Crippen molar-refractivity contribution in [2.45, 2.75) is 25.2 Å². The minimum atomic E-state index is -0.0471. The zero-order valence-electron chi connectivity index (χ0n) is 9.56. The van der Waals surface area contributed by atoms with Gasteiger partial charge in [0.25, 0.3) is 0 Å². The first kappa shape index (κ1) is 11.5. The van der Waals surface area contributed by atoms with Crippen LogP contribution in [0, 0.1) is 0 Å². The number of hydrogen-bond acceptors (Lipinski definition) is 4. The Balaban J connectivity index is 1.85. The van der Waals surface area contributed by atoms with E-state index in [0.29, 0.717) is 19.3 Å². The Kier molecular flexibility index (Phi) is 4.27. The molecule has 0 aliphatic carbocycles. The van der Waals surface area contributed by atoms with Crippen molar-refractivity contribution in [3.05, 3.63) is 30.1 Å². The number of nitrogens with zero attached hydrogens (tertiary/aromatic N) is 1. The molecule has 1 aromatic rings. The first-order valence-corrected chi connectivity index (χ1v) is 5.68. The van der Waals surface area contributed by atoms with E-state index in [2.05, 4.69) is 16.4 Å². The Morgan fingerprint density at radius 1 is 1.50 bits per heavy atom. The van der Waals surface area contributed by atoms with Gasteiger partial charge >= 0.3 is 0 Å². The van der Waals surface area contributed by atoms with E-state index in [9.17, 15) is 0 Å². The molecular formula is C12H18N2O2. The number of ether oxygens (including phenoxy) is 2. The van der Waals surface area contributed by atoms with Gasteiger partial charge in [-0.25, -0.2) is 0 Å². The van der Waals surface area contributed by atoms with Gasteiger partial charge < -0.3 is 14.8 Å². The fraction of sp³-hybridized carbons (Fsp3) is 0.583. The number of pyridine rings is 1. The highest BCUT2D eigenvalue weighted by molar-refractivity contribution is 5.10. The van der Waals surface area contributed by atoms with Crippen LogP contribution in [0.25, 0.3) is 0 Å². The van der Waals surface area contributed by atoms with Crippen molar-refractivity contribution < 1.29 is 9.47 Å². The van der Waals surface area contributed by atoms with Crippen LogP contribution >= 0.6 is 0 Å². The number of aromatic nitrogens is 1. The van der Waals surface area contributed by atoms with Gasteiger partial charge in [0.15, 0.2) is 6.29 Å². The normalized spacial score (nSPS) is 18.8. The maximum Gasteiger partial charge on any atom is 0.159 e. The molecule has 1 N–H and O–H groups in total. The third-order valence-electron chi connectivity index (χ3n) is 2.78. The van der Waals surface area contributed by atoms with Gasteiger partial charge in [0, 0.05) is 24.9 Å². The van der Waals surface area contributed by atoms with E-state index in [1.54, 1.807) is 6.20 Å². The summed E-state index contributed by atoms with van der Waals surface area (Å²) in [6.45, 7) is 1.43. The predicted octanol–water partition coefficient (Wildman–Crippen LogP) is 0.975. The van der Waals surface area contributed by atoms with Crippen LogP contribution in [0.2, 0.25) is 0 Å². The molecular weight excluding hydrogens is 204 g/mol. The van der Waals surface area contributed by atoms with Crippen molar-refractivity contribution in [1.29, 1.82) is 0 Å². The topological polar surface area (TPSA) is 43.4 Å². The lowest BCUT2D eigenvalue weighted by Gasteiger charge is -2.19. The number of hydrogen-bond donors (Lipinski definition) is 1. The van der Waals surface area contributed by atoms with Gasteiger partial charge in [-0.15, -0.1) is 0 Å². The van der Waals surface area contributed by atoms with Crippen LogP contribution in [0.1, 0.15) is 12.0 Å². The number of rotatable bonds is 5. The summed E-state index contributed by atoms with van der Waals surface area (Å²) < 4.78 is 10.9. The van der Waals surface area contributed by atoms with Gasteiger partial charge in [0.2, 0.25) is 0 Å². The highest BCUT2D eigenvalue weighted by Gasteiger charge is 2.20. The predicted molar refractivity (Wildman–Crippen MR) is 61.1 cm³/mol. The van der Waals surface area contributed by atoms with Crippen LogP contribution in [0.4, 0.5) is 0 Å². The van der Waals surface area contributed by atoms with Crippen LogP contribution in [-0.4, -0.2) is 37.6 Å². The quantitative estimate of drug-likeness (QED) is 0.806. The second kappa shape index (κ2) is 5.94. The molecule has 0 spiro atoms. The lowest BCUT2D eigenvalue weighted by molar-refractivity contribution is -0.0522. The van der Waals surface area contributed by atoms with E-state index in [4.69, 9.17) is 9.47 Å². The zero-order valence-corrected chi connectivity index (χ0v) is 9.56. The minimum absolute atomic E-state index is 0.0471. The van der Waals surface area contributed by atoms with Crippen molar-refractivity contribution in [2.24, 2.45) is 0 Å². The van der Waals surface area contributed by atoms with Gasteiger partial charge in [-0.3, -0.25) is 4.98 Å². The second-order valence-electron chi connectivity index (χ2n) is 3.96. The van der Waals surface area contributed by atoms with Crippen molar-refractivity contribution in [2.75, 3.05) is 20.3 Å². The number of likely N-dealkylation sites (N-methyl/N-ethyl adjacent to an activating group) is 1. The van der Waals surface area contributed by atoms with Crippen molar-refractivity contribution in [1.82, 2.24) is 10.3 Å². The van der Waals surface area contributed by atoms with E-state index in [1.165, 1.54) is 5.56 Å². The molecule has 4 nitrogen and oxygen atoms in total. The smallest absolute Gasteiger partial charge is 0.159 e. The Labute approximate surface area is 96.0 Å². The van der Waals surface area contributed by atoms with Gasteiger partial charge in [-0.1, -0.05) is 6.07 Å². The molecule has 2 rings (SSSR count). The maximum absolute atomic E-state index is 5.45. The molecule has 0 bridgehead atoms. The zero-order chi connectivity index (χ0) is 11.2. The second-order valence-corrected chi connectivity index (χ2v) is 3.96. The molecule has 0 radical (unpaired) electrons. The maximum atomic E-state index is 5.45. The summed E-state index contributed by atoms with van der Waals surface area (Å²) >= 11 is 0. The van der Waals surface area contributed by atoms with Gasteiger partial charge in [-0.2, -0.15) is 0 Å². The van der Waals surface area contributed by atoms with Crippen molar-refractivity contribution >= 4 is 0 Å². The Bertz CT molecular complexity index is 299. The molecule has 1 fully saturated rings. The summed E-state index contributed by atoms with van der Waals surface area (Å²) in [6.07, 6.45) is 5.48. The highest BCUT2D eigenvalue weighted by Crippen LogP contribution is 2.13. The number of nitrogens with one attached hydrogen (secondary N) is 1. The largest absolute Gasteiger partial charge is 0.350 e. The first-order chi connectivity index (χ1) is 7.88. The van der Waals surface area contributed by atoms with Crippen molar-refractivity contribution in [3.63, 3.8) is 0 Å². The van der Waals surface area contributed by atoms with E-state index >= 15 is 0 Å². The third-order valence-corrected chi connectivity index (χ3v) is 2.78. The minimum Gasteiger partial charge on any atom is -0.350 e. The van der Waals surface area contributed by atoms with Crippen LogP contribution in [0.15, 0.2) is 24.5 Å². The monoisotopic (exact) mass is 222 g/mol. The molecule has 1 atom stereocenters.